The van der Waals surface area contributed by atoms with E-state index in [1.54, 1.807) is 18.5 Å². The molecule has 0 unspecified atom stereocenters. The molecule has 0 bridgehead atoms. The Morgan fingerprint density at radius 2 is 1.83 bits per heavy atom. The summed E-state index contributed by atoms with van der Waals surface area (Å²) in [6.45, 7) is 4.30. The Morgan fingerprint density at radius 3 is 2.60 bits per heavy atom. The van der Waals surface area contributed by atoms with Gasteiger partial charge in [0.15, 0.2) is 0 Å². The standard InChI is InChI=1S/C20H20N8O2/c1-25-8-10-26(11-9-25)19-4-7-27-13-17(23-20(27)24-19)16-3-2-15(12-18(16)30-14-29)28-21-5-6-22-28/h2-7,12-14H,8-11H2,1H3. The van der Waals surface area contributed by atoms with Gasteiger partial charge in [-0.15, -0.1) is 0 Å². The predicted octanol–water partition coefficient (Wildman–Crippen LogP) is 1.26. The lowest BCUT2D eigenvalue weighted by Crippen LogP contribution is -2.44. The fourth-order valence-electron chi connectivity index (χ4n) is 3.55. The normalized spacial score (nSPS) is 14.9. The van der Waals surface area contributed by atoms with Crippen molar-refractivity contribution in [3.8, 4) is 22.7 Å². The van der Waals surface area contributed by atoms with Gasteiger partial charge in [0.1, 0.15) is 11.6 Å². The van der Waals surface area contributed by atoms with Crippen molar-refractivity contribution in [1.82, 2.24) is 34.3 Å². The van der Waals surface area contributed by atoms with E-state index >= 15 is 0 Å². The molecule has 0 spiro atoms. The summed E-state index contributed by atoms with van der Waals surface area (Å²) in [4.78, 5) is 26.5. The van der Waals surface area contributed by atoms with E-state index in [-0.39, 0.29) is 0 Å². The van der Waals surface area contributed by atoms with E-state index in [2.05, 4.69) is 32.0 Å². The maximum absolute atomic E-state index is 11.1. The molecule has 1 aromatic carbocycles. The number of likely N-dealkylation sites (N-methyl/N-ethyl adjacent to an activating group) is 1. The molecule has 3 aromatic heterocycles. The molecule has 1 saturated heterocycles. The topological polar surface area (TPSA) is 93.7 Å². The van der Waals surface area contributed by atoms with Gasteiger partial charge in [0.25, 0.3) is 6.47 Å². The van der Waals surface area contributed by atoms with E-state index in [9.17, 15) is 4.79 Å². The van der Waals surface area contributed by atoms with Crippen molar-refractivity contribution in [3.63, 3.8) is 0 Å². The molecule has 1 aliphatic rings. The second-order valence-electron chi connectivity index (χ2n) is 7.12. The van der Waals surface area contributed by atoms with Gasteiger partial charge >= 0.3 is 0 Å². The van der Waals surface area contributed by atoms with Crippen LogP contribution in [0.25, 0.3) is 22.7 Å². The van der Waals surface area contributed by atoms with Gasteiger partial charge in [0.05, 0.1) is 23.8 Å². The first-order valence-electron chi connectivity index (χ1n) is 9.62. The maximum atomic E-state index is 11.1. The van der Waals surface area contributed by atoms with Crippen molar-refractivity contribution in [1.29, 1.82) is 0 Å². The molecule has 0 amide bonds. The number of aromatic nitrogens is 6. The van der Waals surface area contributed by atoms with Crippen LogP contribution < -0.4 is 9.64 Å². The average molecular weight is 404 g/mol. The molecule has 0 aliphatic carbocycles. The van der Waals surface area contributed by atoms with E-state index in [0.29, 0.717) is 34.9 Å². The molecular formula is C20H20N8O2. The summed E-state index contributed by atoms with van der Waals surface area (Å²) in [6.07, 6.45) is 6.99. The maximum Gasteiger partial charge on any atom is 0.298 e. The highest BCUT2D eigenvalue weighted by Gasteiger charge is 2.17. The van der Waals surface area contributed by atoms with E-state index in [1.807, 2.05) is 35.0 Å². The summed E-state index contributed by atoms with van der Waals surface area (Å²) >= 11 is 0. The highest BCUT2D eigenvalue weighted by Crippen LogP contribution is 2.31. The summed E-state index contributed by atoms with van der Waals surface area (Å²) < 4.78 is 7.09. The van der Waals surface area contributed by atoms with Crippen molar-refractivity contribution in [3.05, 3.63) is 49.1 Å². The smallest absolute Gasteiger partial charge is 0.298 e. The molecule has 0 radical (unpaired) electrons. The zero-order valence-electron chi connectivity index (χ0n) is 16.4. The van der Waals surface area contributed by atoms with Crippen LogP contribution in [0, 0.1) is 0 Å². The number of rotatable bonds is 5. The van der Waals surface area contributed by atoms with Crippen LogP contribution in [-0.4, -0.2) is 74.0 Å². The first-order valence-corrected chi connectivity index (χ1v) is 9.62. The third-order valence-electron chi connectivity index (χ3n) is 5.20. The van der Waals surface area contributed by atoms with Crippen molar-refractivity contribution in [2.24, 2.45) is 0 Å². The summed E-state index contributed by atoms with van der Waals surface area (Å²) in [5.41, 5.74) is 2.03. The lowest BCUT2D eigenvalue weighted by atomic mass is 10.1. The number of hydrogen-bond acceptors (Lipinski definition) is 8. The van der Waals surface area contributed by atoms with Crippen LogP contribution in [0.3, 0.4) is 0 Å². The third-order valence-corrected chi connectivity index (χ3v) is 5.20. The zero-order valence-corrected chi connectivity index (χ0v) is 16.4. The van der Waals surface area contributed by atoms with Crippen LogP contribution in [0.2, 0.25) is 0 Å². The Kier molecular flexibility index (Phi) is 4.60. The number of fused-ring (bicyclic) bond motifs is 1. The van der Waals surface area contributed by atoms with Gasteiger partial charge in [0, 0.05) is 50.2 Å². The van der Waals surface area contributed by atoms with Crippen LogP contribution in [0.15, 0.2) is 49.1 Å². The minimum atomic E-state index is 0.377. The molecule has 1 fully saturated rings. The highest BCUT2D eigenvalue weighted by atomic mass is 16.5. The monoisotopic (exact) mass is 404 g/mol. The number of imidazole rings is 1. The number of piperazine rings is 1. The molecule has 5 rings (SSSR count). The molecular weight excluding hydrogens is 384 g/mol. The minimum absolute atomic E-state index is 0.377. The van der Waals surface area contributed by atoms with E-state index in [1.165, 1.54) is 4.80 Å². The van der Waals surface area contributed by atoms with Crippen LogP contribution in [0.1, 0.15) is 0 Å². The van der Waals surface area contributed by atoms with Crippen molar-refractivity contribution in [2.45, 2.75) is 0 Å². The Balaban J connectivity index is 1.50. The molecule has 1 aliphatic heterocycles. The van der Waals surface area contributed by atoms with E-state index in [0.717, 1.165) is 32.0 Å². The number of ether oxygens (including phenoxy) is 1. The van der Waals surface area contributed by atoms with Gasteiger partial charge < -0.3 is 14.5 Å². The van der Waals surface area contributed by atoms with E-state index in [4.69, 9.17) is 9.72 Å². The van der Waals surface area contributed by atoms with Gasteiger partial charge in [-0.2, -0.15) is 20.0 Å². The van der Waals surface area contributed by atoms with Crippen molar-refractivity contribution in [2.75, 3.05) is 38.1 Å². The summed E-state index contributed by atoms with van der Waals surface area (Å²) in [5, 5.41) is 8.22. The fraction of sp³-hybridized carbons (Fsp3) is 0.250. The quantitative estimate of drug-likeness (QED) is 0.459. The summed E-state index contributed by atoms with van der Waals surface area (Å²) in [7, 11) is 2.13. The molecule has 0 N–H and O–H groups in total. The fourth-order valence-corrected chi connectivity index (χ4v) is 3.55. The summed E-state index contributed by atoms with van der Waals surface area (Å²) in [6, 6.07) is 7.39. The lowest BCUT2D eigenvalue weighted by molar-refractivity contribution is -0.120. The first kappa shape index (κ1) is 18.3. The number of benzene rings is 1. The number of nitrogens with zero attached hydrogens (tertiary/aromatic N) is 8. The van der Waals surface area contributed by atoms with Gasteiger partial charge in [0.2, 0.25) is 5.78 Å². The molecule has 4 aromatic rings. The molecule has 0 saturated carbocycles. The first-order chi connectivity index (χ1) is 14.7. The second kappa shape index (κ2) is 7.56. The lowest BCUT2D eigenvalue weighted by Gasteiger charge is -2.33. The van der Waals surface area contributed by atoms with Crippen LogP contribution in [0.4, 0.5) is 5.82 Å². The largest absolute Gasteiger partial charge is 0.428 e. The average Bonchev–Trinajstić information content (AvgIpc) is 3.44. The Labute approximate surface area is 172 Å². The van der Waals surface area contributed by atoms with Gasteiger partial charge in [-0.1, -0.05) is 0 Å². The van der Waals surface area contributed by atoms with Crippen molar-refractivity contribution >= 4 is 18.1 Å². The van der Waals surface area contributed by atoms with Gasteiger partial charge in [-0.05, 0) is 25.2 Å². The number of hydrogen-bond donors (Lipinski definition) is 0. The third kappa shape index (κ3) is 3.37. The van der Waals surface area contributed by atoms with Gasteiger partial charge in [-0.3, -0.25) is 9.20 Å². The van der Waals surface area contributed by atoms with Crippen molar-refractivity contribution < 1.29 is 9.53 Å². The van der Waals surface area contributed by atoms with Crippen LogP contribution in [0.5, 0.6) is 5.75 Å². The minimum Gasteiger partial charge on any atom is -0.428 e. The number of carbonyl (C=O) groups is 1. The molecule has 0 atom stereocenters. The SMILES string of the molecule is CN1CCN(c2ccn3cc(-c4ccc(-n5nccn5)cc4OC=O)nc3n2)CC1. The Bertz CT molecular complexity index is 1180. The van der Waals surface area contributed by atoms with Crippen LogP contribution >= 0.6 is 0 Å². The van der Waals surface area contributed by atoms with E-state index < -0.39 is 0 Å². The second-order valence-corrected chi connectivity index (χ2v) is 7.12. The molecule has 10 nitrogen and oxygen atoms in total. The molecule has 30 heavy (non-hydrogen) atoms. The molecule has 152 valence electrons. The highest BCUT2D eigenvalue weighted by molar-refractivity contribution is 5.72. The number of carbonyl (C=O) groups excluding carboxylic acids is 1. The summed E-state index contributed by atoms with van der Waals surface area (Å²) in [5.74, 6) is 1.89. The van der Waals surface area contributed by atoms with Crippen LogP contribution in [-0.2, 0) is 4.79 Å². The molecule has 10 heteroatoms. The number of anilines is 1. The Morgan fingerprint density at radius 1 is 1.03 bits per heavy atom. The predicted molar refractivity (Wildman–Crippen MR) is 110 cm³/mol. The molecule has 4 heterocycles. The Hall–Kier alpha value is -3.79. The zero-order chi connectivity index (χ0) is 20.5. The van der Waals surface area contributed by atoms with Gasteiger partial charge in [-0.25, -0.2) is 4.98 Å².